The van der Waals surface area contributed by atoms with Gasteiger partial charge in [0.05, 0.1) is 11.1 Å². The van der Waals surface area contributed by atoms with E-state index >= 15 is 26.3 Å². The van der Waals surface area contributed by atoms with Gasteiger partial charge in [-0.15, -0.1) is 0 Å². The first kappa shape index (κ1) is 38.3. The molecule has 0 N–H and O–H groups in total. The summed E-state index contributed by atoms with van der Waals surface area (Å²) in [6.07, 6.45) is 9.77. The third kappa shape index (κ3) is 7.78. The molecule has 0 fully saturated rings. The highest BCUT2D eigenvalue weighted by Gasteiger charge is 2.55. The van der Waals surface area contributed by atoms with E-state index in [4.69, 9.17) is 4.43 Å². The molecule has 1 aliphatic rings. The van der Waals surface area contributed by atoms with Crippen molar-refractivity contribution in [2.75, 3.05) is 0 Å². The molecule has 0 heterocycles. The monoisotopic (exact) mass is 678 g/mol. The highest BCUT2D eigenvalue weighted by molar-refractivity contribution is 6.76. The van der Waals surface area contributed by atoms with Crippen LogP contribution in [0.3, 0.4) is 0 Å². The Morgan fingerprint density at radius 1 is 0.652 bits per heavy atom. The Balaban J connectivity index is 2.23. The highest BCUT2D eigenvalue weighted by atomic mass is 28.4. The van der Waals surface area contributed by atoms with Gasteiger partial charge in [-0.1, -0.05) is 107 Å². The minimum absolute atomic E-state index is 0.112. The molecule has 3 rings (SSSR count). The van der Waals surface area contributed by atoms with Crippen LogP contribution >= 0.6 is 0 Å². The second-order valence-corrected chi connectivity index (χ2v) is 19.3. The Labute approximate surface area is 270 Å². The van der Waals surface area contributed by atoms with Crippen molar-refractivity contribution in [3.63, 3.8) is 0 Å². The van der Waals surface area contributed by atoms with Gasteiger partial charge in [-0.3, -0.25) is 0 Å². The molecule has 2 aromatic carbocycles. The van der Waals surface area contributed by atoms with Crippen molar-refractivity contribution >= 4 is 8.32 Å². The number of fused-ring (bicyclic) bond motifs is 3. The average Bonchev–Trinajstić information content (AvgIpc) is 3.20. The summed E-state index contributed by atoms with van der Waals surface area (Å²) in [6, 6.07) is 0.758. The molecule has 1 aliphatic carbocycles. The lowest BCUT2D eigenvalue weighted by atomic mass is 9.88. The zero-order chi connectivity index (χ0) is 34.8. The van der Waals surface area contributed by atoms with Crippen LogP contribution in [0, 0.1) is 45.7 Å². The standard InChI is InChI=1S/C36H50F8OSi/c1-9-11-13-15-17-34(5,6)20-46(22(3)4,21-35(7,8)18-16-14-12-10-2)45-33-30(40)26-25-27(23(37)19-24(38)29(25)39)36(43,44)28(26)31(41)32(33)42/h19,22H,9-18,20-21H2,1-8H3. The Hall–Kier alpha value is -2.10. The quantitative estimate of drug-likeness (QED) is 0.0700. The molecule has 10 heteroatoms. The van der Waals surface area contributed by atoms with E-state index in [2.05, 4.69) is 41.5 Å². The average molecular weight is 679 g/mol. The van der Waals surface area contributed by atoms with Gasteiger partial charge >= 0.3 is 5.92 Å². The Kier molecular flexibility index (Phi) is 12.1. The molecule has 0 atom stereocenters. The first-order valence-electron chi connectivity index (χ1n) is 16.7. The molecule has 0 aliphatic heterocycles. The molecular weight excluding hydrogens is 628 g/mol. The van der Waals surface area contributed by atoms with E-state index in [0.29, 0.717) is 12.1 Å². The summed E-state index contributed by atoms with van der Waals surface area (Å²) in [5.41, 5.74) is -7.40. The highest BCUT2D eigenvalue weighted by Crippen LogP contribution is 2.58. The normalized spacial score (nSPS) is 14.6. The second kappa shape index (κ2) is 14.6. The SMILES string of the molecule is CCCCCCC(C)(C)C[Si](CC(C)(C)CCCCCC)(Oc1c(F)c(F)c2c(c1F)-c1c(F)c(F)cc(F)c1C2(F)F)C(C)C. The zero-order valence-electron chi connectivity index (χ0n) is 28.6. The van der Waals surface area contributed by atoms with E-state index in [1.165, 1.54) is 0 Å². The van der Waals surface area contributed by atoms with Crippen LogP contribution in [-0.4, -0.2) is 8.32 Å². The molecule has 0 bridgehead atoms. The van der Waals surface area contributed by atoms with Crippen LogP contribution < -0.4 is 4.43 Å². The van der Waals surface area contributed by atoms with Gasteiger partial charge in [0.1, 0.15) is 5.82 Å². The third-order valence-electron chi connectivity index (χ3n) is 9.66. The lowest BCUT2D eigenvalue weighted by Crippen LogP contribution is -2.51. The van der Waals surface area contributed by atoms with E-state index in [1.807, 2.05) is 13.8 Å². The summed E-state index contributed by atoms with van der Waals surface area (Å²) >= 11 is 0. The number of unbranched alkanes of at least 4 members (excludes halogenated alkanes) is 6. The number of alkyl halides is 2. The topological polar surface area (TPSA) is 9.23 Å². The van der Waals surface area contributed by atoms with Crippen molar-refractivity contribution in [2.24, 2.45) is 10.8 Å². The van der Waals surface area contributed by atoms with Crippen molar-refractivity contribution < 1.29 is 39.5 Å². The molecule has 0 amide bonds. The van der Waals surface area contributed by atoms with Crippen LogP contribution in [0.4, 0.5) is 35.1 Å². The summed E-state index contributed by atoms with van der Waals surface area (Å²) in [7, 11) is -3.38. The van der Waals surface area contributed by atoms with Crippen molar-refractivity contribution in [2.45, 2.75) is 143 Å². The maximum absolute atomic E-state index is 16.5. The van der Waals surface area contributed by atoms with Gasteiger partial charge in [-0.2, -0.15) is 13.2 Å². The molecule has 0 saturated carbocycles. The number of hydrogen-bond acceptors (Lipinski definition) is 1. The van der Waals surface area contributed by atoms with E-state index in [9.17, 15) is 8.78 Å². The van der Waals surface area contributed by atoms with Crippen LogP contribution in [0.2, 0.25) is 17.6 Å². The van der Waals surface area contributed by atoms with Crippen LogP contribution in [0.5, 0.6) is 5.75 Å². The summed E-state index contributed by atoms with van der Waals surface area (Å²) in [5, 5.41) is 0. The van der Waals surface area contributed by atoms with E-state index in [-0.39, 0.29) is 22.4 Å². The van der Waals surface area contributed by atoms with Gasteiger partial charge in [0.15, 0.2) is 29.0 Å². The summed E-state index contributed by atoms with van der Waals surface area (Å²) < 4.78 is 129. The predicted octanol–water partition coefficient (Wildman–Crippen LogP) is 13.4. The molecule has 260 valence electrons. The Morgan fingerprint density at radius 3 is 1.59 bits per heavy atom. The van der Waals surface area contributed by atoms with Gasteiger partial charge in [-0.05, 0) is 41.3 Å². The van der Waals surface area contributed by atoms with Gasteiger partial charge in [0.2, 0.25) is 5.82 Å². The maximum Gasteiger partial charge on any atom is 0.305 e. The molecule has 46 heavy (non-hydrogen) atoms. The van der Waals surface area contributed by atoms with Crippen molar-refractivity contribution in [1.29, 1.82) is 0 Å². The fraction of sp³-hybridized carbons (Fsp3) is 0.667. The Bertz CT molecular complexity index is 1360. The Morgan fingerprint density at radius 2 is 1.13 bits per heavy atom. The van der Waals surface area contributed by atoms with Gasteiger partial charge in [0.25, 0.3) is 8.32 Å². The molecule has 1 nitrogen and oxygen atoms in total. The van der Waals surface area contributed by atoms with Gasteiger partial charge in [-0.25, -0.2) is 22.0 Å². The molecule has 0 spiro atoms. The van der Waals surface area contributed by atoms with Crippen LogP contribution in [0.15, 0.2) is 6.07 Å². The van der Waals surface area contributed by atoms with Gasteiger partial charge < -0.3 is 4.43 Å². The zero-order valence-corrected chi connectivity index (χ0v) is 29.6. The van der Waals surface area contributed by atoms with Crippen LogP contribution in [0.1, 0.15) is 131 Å². The fourth-order valence-corrected chi connectivity index (χ4v) is 12.7. The van der Waals surface area contributed by atoms with Crippen LogP contribution in [0.25, 0.3) is 11.1 Å². The number of hydrogen-bond donors (Lipinski definition) is 0. The van der Waals surface area contributed by atoms with E-state index in [1.54, 1.807) is 0 Å². The third-order valence-corrected chi connectivity index (χ3v) is 15.5. The largest absolute Gasteiger partial charge is 0.539 e. The first-order chi connectivity index (χ1) is 21.3. The lowest BCUT2D eigenvalue weighted by molar-refractivity contribution is 0.0391. The van der Waals surface area contributed by atoms with Gasteiger partial charge in [0, 0.05) is 17.2 Å². The number of rotatable bonds is 17. The summed E-state index contributed by atoms with van der Waals surface area (Å²) in [6.45, 7) is 16.3. The molecule has 0 saturated heterocycles. The molecule has 2 aromatic rings. The van der Waals surface area contributed by atoms with E-state index in [0.717, 1.165) is 64.2 Å². The molecular formula is C36H50F8OSi. The maximum atomic E-state index is 16.5. The van der Waals surface area contributed by atoms with Crippen LogP contribution in [-0.2, 0) is 5.92 Å². The minimum atomic E-state index is -4.65. The van der Waals surface area contributed by atoms with Crippen molar-refractivity contribution in [3.05, 3.63) is 52.1 Å². The van der Waals surface area contributed by atoms with E-state index < -0.39 is 77.1 Å². The fourth-order valence-electron chi connectivity index (χ4n) is 7.24. The minimum Gasteiger partial charge on any atom is -0.539 e. The smallest absolute Gasteiger partial charge is 0.305 e. The summed E-state index contributed by atoms with van der Waals surface area (Å²) in [5.74, 6) is -17.5. The molecule has 0 unspecified atom stereocenters. The second-order valence-electron chi connectivity index (χ2n) is 15.1. The molecule has 0 aromatic heterocycles. The van der Waals surface area contributed by atoms with Crippen molar-refractivity contribution in [3.8, 4) is 16.9 Å². The first-order valence-corrected chi connectivity index (χ1v) is 19.1. The number of halogens is 8. The molecule has 0 radical (unpaired) electrons. The summed E-state index contributed by atoms with van der Waals surface area (Å²) in [4.78, 5) is 0. The lowest BCUT2D eigenvalue weighted by Gasteiger charge is -2.45. The van der Waals surface area contributed by atoms with Crippen molar-refractivity contribution in [1.82, 2.24) is 0 Å². The predicted molar refractivity (Wildman–Crippen MR) is 171 cm³/mol. The number of benzene rings is 2.